The fourth-order valence-electron chi connectivity index (χ4n) is 3.13. The van der Waals surface area contributed by atoms with E-state index in [1.54, 1.807) is 0 Å². The highest BCUT2D eigenvalue weighted by molar-refractivity contribution is 14.0. The summed E-state index contributed by atoms with van der Waals surface area (Å²) >= 11 is 0. The van der Waals surface area contributed by atoms with E-state index < -0.39 is 0 Å². The van der Waals surface area contributed by atoms with Crippen molar-refractivity contribution in [1.29, 1.82) is 0 Å². The van der Waals surface area contributed by atoms with E-state index in [4.69, 9.17) is 5.73 Å². The van der Waals surface area contributed by atoms with Gasteiger partial charge in [-0.2, -0.15) is 0 Å². The molecule has 2 aliphatic rings. The highest BCUT2D eigenvalue weighted by Crippen LogP contribution is 2.54. The molecular formula is C13H26IN3. The monoisotopic (exact) mass is 351 g/mol. The van der Waals surface area contributed by atoms with E-state index in [1.807, 2.05) is 0 Å². The number of rotatable bonds is 1. The molecule has 0 saturated heterocycles. The van der Waals surface area contributed by atoms with Crippen molar-refractivity contribution < 1.29 is 0 Å². The van der Waals surface area contributed by atoms with Gasteiger partial charge in [-0.05, 0) is 51.9 Å². The minimum Gasteiger partial charge on any atom is -0.370 e. The SMILES string of the molecule is CC(C)(C)NC(N)=NC1CCC12CCCC2.I. The maximum Gasteiger partial charge on any atom is 0.189 e. The van der Waals surface area contributed by atoms with E-state index >= 15 is 0 Å². The number of aliphatic imine (C=N–C) groups is 1. The number of hydrogen-bond acceptors (Lipinski definition) is 1. The third kappa shape index (κ3) is 3.48. The molecule has 1 atom stereocenters. The topological polar surface area (TPSA) is 50.4 Å². The predicted molar refractivity (Wildman–Crippen MR) is 83.8 cm³/mol. The number of nitrogens with one attached hydrogen (secondary N) is 1. The van der Waals surface area contributed by atoms with Crippen LogP contribution in [-0.2, 0) is 0 Å². The maximum atomic E-state index is 5.96. The lowest BCUT2D eigenvalue weighted by Gasteiger charge is -2.45. The van der Waals surface area contributed by atoms with Crippen LogP contribution in [0.3, 0.4) is 0 Å². The first-order valence-corrected chi connectivity index (χ1v) is 6.53. The van der Waals surface area contributed by atoms with E-state index in [9.17, 15) is 0 Å². The van der Waals surface area contributed by atoms with Gasteiger partial charge in [0.05, 0.1) is 6.04 Å². The van der Waals surface area contributed by atoms with Gasteiger partial charge in [0.15, 0.2) is 5.96 Å². The van der Waals surface area contributed by atoms with Gasteiger partial charge < -0.3 is 11.1 Å². The molecule has 1 unspecified atom stereocenters. The van der Waals surface area contributed by atoms with Gasteiger partial charge in [0.1, 0.15) is 0 Å². The van der Waals surface area contributed by atoms with Gasteiger partial charge >= 0.3 is 0 Å². The first-order valence-electron chi connectivity index (χ1n) is 6.53. The van der Waals surface area contributed by atoms with Crippen molar-refractivity contribution in [3.05, 3.63) is 0 Å². The Bertz CT molecular complexity index is 288. The smallest absolute Gasteiger partial charge is 0.189 e. The average molecular weight is 351 g/mol. The Morgan fingerprint density at radius 2 is 1.82 bits per heavy atom. The number of guanidine groups is 1. The Kier molecular flexibility index (Phi) is 4.72. The molecule has 0 aromatic rings. The van der Waals surface area contributed by atoms with Crippen molar-refractivity contribution in [3.63, 3.8) is 0 Å². The summed E-state index contributed by atoms with van der Waals surface area (Å²) in [6.07, 6.45) is 8.10. The second kappa shape index (κ2) is 5.33. The minimum absolute atomic E-state index is 0. The molecule has 0 aromatic carbocycles. The van der Waals surface area contributed by atoms with Crippen LogP contribution in [-0.4, -0.2) is 17.5 Å². The molecule has 0 aliphatic heterocycles. The largest absolute Gasteiger partial charge is 0.370 e. The van der Waals surface area contributed by atoms with Crippen molar-refractivity contribution in [2.24, 2.45) is 16.1 Å². The molecule has 0 amide bonds. The van der Waals surface area contributed by atoms with Crippen LogP contribution in [0, 0.1) is 5.41 Å². The third-order valence-electron chi connectivity index (χ3n) is 4.02. The molecule has 3 nitrogen and oxygen atoms in total. The van der Waals surface area contributed by atoms with Crippen LogP contribution < -0.4 is 11.1 Å². The highest BCUT2D eigenvalue weighted by atomic mass is 127. The number of nitrogens with two attached hydrogens (primary N) is 1. The Labute approximate surface area is 122 Å². The number of nitrogens with zero attached hydrogens (tertiary/aromatic N) is 1. The molecule has 1 spiro atoms. The normalized spacial score (nSPS) is 27.5. The average Bonchev–Trinajstić information content (AvgIpc) is 2.60. The van der Waals surface area contributed by atoms with Gasteiger partial charge in [-0.1, -0.05) is 12.8 Å². The second-order valence-electron chi connectivity index (χ2n) is 6.51. The van der Waals surface area contributed by atoms with Crippen LogP contribution in [0.5, 0.6) is 0 Å². The van der Waals surface area contributed by atoms with E-state index in [-0.39, 0.29) is 29.5 Å². The molecule has 0 bridgehead atoms. The standard InChI is InChI=1S/C13H25N3.HI/c1-12(2,3)16-11(14)15-10-6-9-13(10)7-4-5-8-13;/h10H,4-9H2,1-3H3,(H3,14,15,16);1H. The van der Waals surface area contributed by atoms with Crippen molar-refractivity contribution in [2.45, 2.75) is 70.9 Å². The maximum absolute atomic E-state index is 5.96. The molecule has 3 N–H and O–H groups in total. The summed E-state index contributed by atoms with van der Waals surface area (Å²) in [6.45, 7) is 6.34. The lowest BCUT2D eigenvalue weighted by Crippen LogP contribution is -2.48. The first kappa shape index (κ1) is 15.1. The van der Waals surface area contributed by atoms with Gasteiger partial charge in [0.25, 0.3) is 0 Å². The number of halogens is 1. The molecular weight excluding hydrogens is 325 g/mol. The van der Waals surface area contributed by atoms with Crippen molar-refractivity contribution >= 4 is 29.9 Å². The Balaban J connectivity index is 0.00000144. The molecule has 2 fully saturated rings. The Morgan fingerprint density at radius 3 is 2.24 bits per heavy atom. The first-order chi connectivity index (χ1) is 7.41. The van der Waals surface area contributed by atoms with Gasteiger partial charge in [0, 0.05) is 5.54 Å². The molecule has 2 saturated carbocycles. The highest BCUT2D eigenvalue weighted by Gasteiger charge is 2.48. The zero-order valence-corrected chi connectivity index (χ0v) is 13.6. The minimum atomic E-state index is 0. The fraction of sp³-hybridized carbons (Fsp3) is 0.923. The van der Waals surface area contributed by atoms with E-state index in [2.05, 4.69) is 31.1 Å². The molecule has 2 aliphatic carbocycles. The van der Waals surface area contributed by atoms with E-state index in [0.29, 0.717) is 17.4 Å². The lowest BCUT2D eigenvalue weighted by molar-refractivity contribution is 0.104. The summed E-state index contributed by atoms with van der Waals surface area (Å²) < 4.78 is 0. The summed E-state index contributed by atoms with van der Waals surface area (Å²) in [5.41, 5.74) is 6.51. The summed E-state index contributed by atoms with van der Waals surface area (Å²) in [7, 11) is 0. The third-order valence-corrected chi connectivity index (χ3v) is 4.02. The van der Waals surface area contributed by atoms with Crippen LogP contribution >= 0.6 is 24.0 Å². The molecule has 100 valence electrons. The fourth-order valence-corrected chi connectivity index (χ4v) is 3.13. The van der Waals surface area contributed by atoms with Crippen LogP contribution in [0.15, 0.2) is 4.99 Å². The molecule has 0 heterocycles. The van der Waals surface area contributed by atoms with E-state index in [1.165, 1.54) is 38.5 Å². The summed E-state index contributed by atoms with van der Waals surface area (Å²) in [5.74, 6) is 0.628. The zero-order valence-electron chi connectivity index (χ0n) is 11.3. The molecule has 17 heavy (non-hydrogen) atoms. The van der Waals surface area contributed by atoms with Gasteiger partial charge in [0.2, 0.25) is 0 Å². The lowest BCUT2D eigenvalue weighted by atomic mass is 9.63. The Hall–Kier alpha value is 0. The van der Waals surface area contributed by atoms with Crippen LogP contribution in [0.1, 0.15) is 59.3 Å². The molecule has 0 radical (unpaired) electrons. The Morgan fingerprint density at radius 1 is 1.24 bits per heavy atom. The summed E-state index contributed by atoms with van der Waals surface area (Å²) in [4.78, 5) is 4.69. The van der Waals surface area contributed by atoms with Crippen LogP contribution in [0.2, 0.25) is 0 Å². The molecule has 4 heteroatoms. The van der Waals surface area contributed by atoms with Crippen LogP contribution in [0.4, 0.5) is 0 Å². The molecule has 0 aromatic heterocycles. The quantitative estimate of drug-likeness (QED) is 0.433. The zero-order chi connectivity index (χ0) is 11.8. The van der Waals surface area contributed by atoms with Crippen molar-refractivity contribution in [1.82, 2.24) is 5.32 Å². The van der Waals surface area contributed by atoms with Crippen molar-refractivity contribution in [3.8, 4) is 0 Å². The summed E-state index contributed by atoms with van der Waals surface area (Å²) in [5, 5.41) is 3.25. The second-order valence-corrected chi connectivity index (χ2v) is 6.51. The van der Waals surface area contributed by atoms with Crippen LogP contribution in [0.25, 0.3) is 0 Å². The van der Waals surface area contributed by atoms with Gasteiger partial charge in [-0.25, -0.2) is 4.99 Å². The predicted octanol–water partition coefficient (Wildman–Crippen LogP) is 3.03. The van der Waals surface area contributed by atoms with Crippen molar-refractivity contribution in [2.75, 3.05) is 0 Å². The number of hydrogen-bond donors (Lipinski definition) is 2. The van der Waals surface area contributed by atoms with E-state index in [0.717, 1.165) is 0 Å². The summed E-state index contributed by atoms with van der Waals surface area (Å²) in [6, 6.07) is 0.491. The molecule has 2 rings (SSSR count). The van der Waals surface area contributed by atoms with Gasteiger partial charge in [-0.3, -0.25) is 0 Å². The van der Waals surface area contributed by atoms with Gasteiger partial charge in [-0.15, -0.1) is 24.0 Å².